The monoisotopic (exact) mass is 808 g/mol. The summed E-state index contributed by atoms with van der Waals surface area (Å²) >= 11 is 0. The van der Waals surface area contributed by atoms with Crippen molar-refractivity contribution >= 4 is 28.2 Å². The van der Waals surface area contributed by atoms with Gasteiger partial charge in [0.1, 0.15) is 18.5 Å². The van der Waals surface area contributed by atoms with Crippen LogP contribution in [-0.2, 0) is 23.3 Å². The molecular formula is C51H52N8O2. The Morgan fingerprint density at radius 3 is 2.11 bits per heavy atom. The van der Waals surface area contributed by atoms with Crippen molar-refractivity contribution in [3.63, 3.8) is 0 Å². The predicted molar refractivity (Wildman–Crippen MR) is 239 cm³/mol. The molecule has 0 N–H and O–H groups in total. The molecule has 61 heavy (non-hydrogen) atoms. The SMILES string of the molecule is Cc1cccc2cccc(N3CCc4c(nc(OC[C@@H]5CCCN5C)nc4N4C[C@H](CC#N)N(C(=O)C5C[N@@]5C(c5ccccc5)(c5ccccc5)c5ccccc5)C4)C3)c12. The van der Waals surface area contributed by atoms with Crippen molar-refractivity contribution in [3.8, 4) is 12.1 Å². The molecule has 3 fully saturated rings. The van der Waals surface area contributed by atoms with Gasteiger partial charge in [-0.15, -0.1) is 0 Å². The van der Waals surface area contributed by atoms with Gasteiger partial charge >= 0.3 is 6.01 Å². The Bertz CT molecular complexity index is 2480. The summed E-state index contributed by atoms with van der Waals surface area (Å²) in [6, 6.07) is 47.0. The third-order valence-corrected chi connectivity index (χ3v) is 13.5. The number of hydrogen-bond acceptors (Lipinski definition) is 9. The van der Waals surface area contributed by atoms with Crippen molar-refractivity contribution in [2.45, 2.75) is 62.8 Å². The number of likely N-dealkylation sites (N-methyl/N-ethyl adjacent to an activating group) is 1. The number of carbonyl (C=O) groups excluding carboxylic acids is 1. The highest BCUT2D eigenvalue weighted by molar-refractivity contribution is 5.97. The molecule has 0 radical (unpaired) electrons. The van der Waals surface area contributed by atoms with Crippen LogP contribution in [0.3, 0.4) is 0 Å². The van der Waals surface area contributed by atoms with Crippen molar-refractivity contribution in [3.05, 3.63) is 161 Å². The molecule has 0 spiro atoms. The molecule has 1 amide bonds. The first-order valence-electron chi connectivity index (χ1n) is 21.8. The van der Waals surface area contributed by atoms with Gasteiger partial charge in [-0.3, -0.25) is 9.69 Å². The lowest BCUT2D eigenvalue weighted by molar-refractivity contribution is -0.132. The lowest BCUT2D eigenvalue weighted by atomic mass is 9.76. The second-order valence-corrected chi connectivity index (χ2v) is 17.1. The number of benzene rings is 5. The molecule has 5 heterocycles. The van der Waals surface area contributed by atoms with Gasteiger partial charge in [0.25, 0.3) is 0 Å². The van der Waals surface area contributed by atoms with Crippen LogP contribution in [0.25, 0.3) is 10.8 Å². The van der Waals surface area contributed by atoms with Crippen LogP contribution in [0.4, 0.5) is 11.5 Å². The van der Waals surface area contributed by atoms with Crippen LogP contribution in [0.15, 0.2) is 127 Å². The molecule has 6 aromatic rings. The van der Waals surface area contributed by atoms with Gasteiger partial charge < -0.3 is 24.3 Å². The molecule has 5 aromatic carbocycles. The Morgan fingerprint density at radius 1 is 0.803 bits per heavy atom. The van der Waals surface area contributed by atoms with Gasteiger partial charge in [0, 0.05) is 42.3 Å². The Morgan fingerprint density at radius 2 is 1.48 bits per heavy atom. The molecule has 4 aliphatic rings. The maximum absolute atomic E-state index is 15.1. The average Bonchev–Trinajstić information content (AvgIpc) is 3.81. The number of fused-ring (bicyclic) bond motifs is 2. The summed E-state index contributed by atoms with van der Waals surface area (Å²) < 4.78 is 6.48. The summed E-state index contributed by atoms with van der Waals surface area (Å²) in [6.45, 7) is 6.62. The molecule has 0 bridgehead atoms. The number of carbonyl (C=O) groups is 1. The maximum atomic E-state index is 15.1. The zero-order chi connectivity index (χ0) is 41.5. The van der Waals surface area contributed by atoms with Crippen LogP contribution in [0.5, 0.6) is 6.01 Å². The highest BCUT2D eigenvalue weighted by Crippen LogP contribution is 2.49. The average molecular weight is 809 g/mol. The Balaban J connectivity index is 0.984. The van der Waals surface area contributed by atoms with Gasteiger partial charge in [0.2, 0.25) is 5.91 Å². The smallest absolute Gasteiger partial charge is 0.318 e. The molecule has 4 atom stereocenters. The highest BCUT2D eigenvalue weighted by atomic mass is 16.5. The van der Waals surface area contributed by atoms with Crippen LogP contribution in [0, 0.1) is 18.3 Å². The highest BCUT2D eigenvalue weighted by Gasteiger charge is 2.58. The predicted octanol–water partition coefficient (Wildman–Crippen LogP) is 7.54. The zero-order valence-corrected chi connectivity index (χ0v) is 35.0. The van der Waals surface area contributed by atoms with E-state index in [-0.39, 0.29) is 24.4 Å². The fourth-order valence-electron chi connectivity index (χ4n) is 10.4. The van der Waals surface area contributed by atoms with Crippen LogP contribution in [-0.4, -0.2) is 95.2 Å². The third-order valence-electron chi connectivity index (χ3n) is 13.5. The first kappa shape index (κ1) is 38.9. The van der Waals surface area contributed by atoms with Crippen molar-refractivity contribution in [2.75, 3.05) is 56.3 Å². The molecule has 10 heteroatoms. The zero-order valence-electron chi connectivity index (χ0n) is 35.0. The van der Waals surface area contributed by atoms with E-state index in [0.29, 0.717) is 45.0 Å². The maximum Gasteiger partial charge on any atom is 0.318 e. The number of rotatable bonds is 11. The summed E-state index contributed by atoms with van der Waals surface area (Å²) in [5, 5.41) is 12.6. The molecule has 4 aliphatic heterocycles. The van der Waals surface area contributed by atoms with Gasteiger partial charge in [0.05, 0.1) is 43.0 Å². The van der Waals surface area contributed by atoms with E-state index in [0.717, 1.165) is 66.1 Å². The van der Waals surface area contributed by atoms with Crippen LogP contribution < -0.4 is 14.5 Å². The van der Waals surface area contributed by atoms with Gasteiger partial charge in [0.15, 0.2) is 0 Å². The Labute approximate surface area is 358 Å². The van der Waals surface area contributed by atoms with Crippen molar-refractivity contribution in [1.82, 2.24) is 24.7 Å². The van der Waals surface area contributed by atoms with E-state index in [9.17, 15) is 5.26 Å². The van der Waals surface area contributed by atoms with Crippen molar-refractivity contribution in [2.24, 2.45) is 0 Å². The van der Waals surface area contributed by atoms with E-state index < -0.39 is 5.54 Å². The van der Waals surface area contributed by atoms with Gasteiger partial charge in [-0.2, -0.15) is 15.2 Å². The number of amides is 1. The second kappa shape index (κ2) is 16.3. The molecule has 10 rings (SSSR count). The van der Waals surface area contributed by atoms with E-state index in [2.05, 4.69) is 149 Å². The summed E-state index contributed by atoms with van der Waals surface area (Å²) in [5.74, 6) is 0.850. The van der Waals surface area contributed by atoms with Crippen molar-refractivity contribution in [1.29, 1.82) is 5.26 Å². The number of aryl methyl sites for hydroxylation is 1. The third kappa shape index (κ3) is 7.05. The minimum absolute atomic E-state index is 0.0380. The fraction of sp³-hybridized carbons (Fsp3) is 0.333. The lowest BCUT2D eigenvalue weighted by Crippen LogP contribution is -2.44. The van der Waals surface area contributed by atoms with Gasteiger partial charge in [-0.05, 0) is 73.5 Å². The number of aromatic nitrogens is 2. The number of hydrogen-bond donors (Lipinski definition) is 0. The van der Waals surface area contributed by atoms with Crippen LogP contribution in [0.2, 0.25) is 0 Å². The van der Waals surface area contributed by atoms with Crippen molar-refractivity contribution < 1.29 is 9.53 Å². The largest absolute Gasteiger partial charge is 0.462 e. The number of likely N-dealkylation sites (tertiary alicyclic amines) is 1. The van der Waals surface area contributed by atoms with E-state index in [4.69, 9.17) is 14.7 Å². The topological polar surface area (TPSA) is 91.8 Å². The van der Waals surface area contributed by atoms with E-state index in [1.165, 1.54) is 22.0 Å². The fourth-order valence-corrected chi connectivity index (χ4v) is 10.4. The van der Waals surface area contributed by atoms with E-state index in [1.54, 1.807) is 0 Å². The summed E-state index contributed by atoms with van der Waals surface area (Å²) in [6.07, 6.45) is 3.21. The Hall–Kier alpha value is -6.28. The molecule has 1 unspecified atom stereocenters. The molecule has 0 saturated carbocycles. The first-order valence-corrected chi connectivity index (χ1v) is 21.8. The normalized spacial score (nSPS) is 21.4. The second-order valence-electron chi connectivity index (χ2n) is 17.1. The minimum atomic E-state index is -0.686. The van der Waals surface area contributed by atoms with Crippen LogP contribution in [0.1, 0.15) is 52.8 Å². The number of ether oxygens (including phenoxy) is 1. The summed E-state index contributed by atoms with van der Waals surface area (Å²) in [4.78, 5) is 36.6. The molecule has 308 valence electrons. The molecular weight excluding hydrogens is 757 g/mol. The quantitative estimate of drug-likeness (QED) is 0.0974. The number of nitrogens with zero attached hydrogens (tertiary/aromatic N) is 8. The molecule has 0 aliphatic carbocycles. The molecule has 10 nitrogen and oxygen atoms in total. The number of anilines is 2. The molecule has 3 saturated heterocycles. The van der Waals surface area contributed by atoms with Gasteiger partial charge in [-0.1, -0.05) is 121 Å². The summed E-state index contributed by atoms with van der Waals surface area (Å²) in [7, 11) is 2.15. The summed E-state index contributed by atoms with van der Waals surface area (Å²) in [5.41, 5.74) is 7.13. The standard InChI is InChI=1S/C51H52N8O2/c1-36-15-12-16-37-17-13-25-45(47(36)37)56-30-27-43-44(32-56)53-50(61-34-42-24-14-29-55(42)2)54-48(43)57-31-41(26-28-52)58(35-57)49(60)46-33-59(46)51(38-18-6-3-7-19-38,39-20-8-4-9-21-39)40-22-10-5-11-23-40/h3-13,15-23,25,41-42,46H,14,24,26-27,29-35H2,1-2H3/t41-,42-,46?,59+/m0/s1. The first-order chi connectivity index (χ1) is 29.9. The Kier molecular flexibility index (Phi) is 10.4. The lowest BCUT2D eigenvalue weighted by Gasteiger charge is -2.38. The minimum Gasteiger partial charge on any atom is -0.462 e. The van der Waals surface area contributed by atoms with E-state index in [1.807, 2.05) is 23.1 Å². The van der Waals surface area contributed by atoms with Gasteiger partial charge in [-0.25, -0.2) is 0 Å². The van der Waals surface area contributed by atoms with E-state index >= 15 is 4.79 Å². The van der Waals surface area contributed by atoms with Crippen LogP contribution >= 0.6 is 0 Å². The molecule has 1 aromatic heterocycles. The number of nitriles is 1.